The first-order valence-electron chi connectivity index (χ1n) is 6.89. The Bertz CT molecular complexity index is 421. The molecule has 1 saturated carbocycles. The average molecular weight is 286 g/mol. The van der Waals surface area contributed by atoms with Gasteiger partial charge in [0, 0.05) is 17.7 Å². The lowest BCUT2D eigenvalue weighted by molar-refractivity contribution is -0.0280. The highest BCUT2D eigenvalue weighted by molar-refractivity contribution is 6.31. The molecule has 0 aliphatic heterocycles. The standard InChI is InChI=1S/C15H21ClFNO/c1-2-19-14-6-10(7-14)5-13(18)9-11-8-12(17)3-4-15(11)16/h3-4,8,10,13-14H,2,5-7,9,18H2,1H3. The van der Waals surface area contributed by atoms with Crippen molar-refractivity contribution in [1.82, 2.24) is 0 Å². The van der Waals surface area contributed by atoms with Crippen LogP contribution in [0.15, 0.2) is 18.2 Å². The molecule has 2 rings (SSSR count). The molecule has 19 heavy (non-hydrogen) atoms. The molecule has 0 radical (unpaired) electrons. The Kier molecular flexibility index (Phi) is 5.20. The minimum absolute atomic E-state index is 0.0341. The van der Waals surface area contributed by atoms with Crippen LogP contribution in [0.1, 0.15) is 31.7 Å². The van der Waals surface area contributed by atoms with Gasteiger partial charge in [0.2, 0.25) is 0 Å². The molecule has 0 spiro atoms. The molecule has 106 valence electrons. The topological polar surface area (TPSA) is 35.2 Å². The highest BCUT2D eigenvalue weighted by Crippen LogP contribution is 2.34. The summed E-state index contributed by atoms with van der Waals surface area (Å²) in [7, 11) is 0. The van der Waals surface area contributed by atoms with E-state index in [4.69, 9.17) is 22.1 Å². The largest absolute Gasteiger partial charge is 0.378 e. The van der Waals surface area contributed by atoms with Crippen molar-refractivity contribution in [2.75, 3.05) is 6.61 Å². The number of hydrogen-bond donors (Lipinski definition) is 1. The first-order chi connectivity index (χ1) is 9.08. The lowest BCUT2D eigenvalue weighted by Gasteiger charge is -2.36. The molecule has 1 aromatic rings. The smallest absolute Gasteiger partial charge is 0.123 e. The van der Waals surface area contributed by atoms with Gasteiger partial charge in [0.05, 0.1) is 6.10 Å². The maximum Gasteiger partial charge on any atom is 0.123 e. The van der Waals surface area contributed by atoms with E-state index in [1.807, 2.05) is 6.92 Å². The molecular weight excluding hydrogens is 265 g/mol. The van der Waals surface area contributed by atoms with E-state index >= 15 is 0 Å². The third kappa shape index (κ3) is 4.16. The van der Waals surface area contributed by atoms with Crippen molar-refractivity contribution in [3.8, 4) is 0 Å². The molecule has 1 aromatic carbocycles. The number of nitrogens with two attached hydrogens (primary N) is 1. The minimum atomic E-state index is -0.258. The van der Waals surface area contributed by atoms with Gasteiger partial charge in [-0.3, -0.25) is 0 Å². The molecule has 2 nitrogen and oxygen atoms in total. The molecular formula is C15H21ClFNO. The lowest BCUT2D eigenvalue weighted by atomic mass is 9.77. The Morgan fingerprint density at radius 3 is 2.89 bits per heavy atom. The van der Waals surface area contributed by atoms with Gasteiger partial charge in [0.15, 0.2) is 0 Å². The van der Waals surface area contributed by atoms with Gasteiger partial charge in [-0.05, 0) is 62.3 Å². The van der Waals surface area contributed by atoms with Crippen LogP contribution in [0.2, 0.25) is 5.02 Å². The Hall–Kier alpha value is -0.640. The van der Waals surface area contributed by atoms with E-state index in [0.717, 1.165) is 31.4 Å². The zero-order valence-electron chi connectivity index (χ0n) is 11.2. The predicted molar refractivity (Wildman–Crippen MR) is 75.8 cm³/mol. The van der Waals surface area contributed by atoms with Crippen LogP contribution < -0.4 is 5.73 Å². The molecule has 0 bridgehead atoms. The summed E-state index contributed by atoms with van der Waals surface area (Å²) in [6.45, 7) is 2.80. The van der Waals surface area contributed by atoms with Crippen molar-refractivity contribution in [2.45, 2.75) is 44.8 Å². The summed E-state index contributed by atoms with van der Waals surface area (Å²) in [5.74, 6) is 0.380. The average Bonchev–Trinajstić information content (AvgIpc) is 2.31. The van der Waals surface area contributed by atoms with E-state index in [0.29, 0.717) is 23.5 Å². The molecule has 0 aromatic heterocycles. The number of hydrogen-bond acceptors (Lipinski definition) is 2. The Balaban J connectivity index is 1.79. The lowest BCUT2D eigenvalue weighted by Crippen LogP contribution is -2.36. The van der Waals surface area contributed by atoms with Crippen LogP contribution in [0.3, 0.4) is 0 Å². The van der Waals surface area contributed by atoms with Crippen molar-refractivity contribution >= 4 is 11.6 Å². The summed E-state index contributed by atoms with van der Waals surface area (Å²) in [6.07, 6.45) is 4.19. The third-order valence-electron chi connectivity index (χ3n) is 3.72. The van der Waals surface area contributed by atoms with Gasteiger partial charge in [-0.15, -0.1) is 0 Å². The van der Waals surface area contributed by atoms with E-state index in [2.05, 4.69) is 0 Å². The molecule has 1 unspecified atom stereocenters. The number of benzene rings is 1. The molecule has 0 amide bonds. The summed E-state index contributed by atoms with van der Waals surface area (Å²) >= 11 is 6.05. The number of ether oxygens (including phenoxy) is 1. The normalized spacial score (nSPS) is 24.0. The van der Waals surface area contributed by atoms with Gasteiger partial charge in [-0.1, -0.05) is 11.6 Å². The van der Waals surface area contributed by atoms with E-state index in [9.17, 15) is 4.39 Å². The van der Waals surface area contributed by atoms with E-state index in [-0.39, 0.29) is 11.9 Å². The molecule has 1 aliphatic carbocycles. The summed E-state index contributed by atoms with van der Waals surface area (Å²) in [6, 6.07) is 4.47. The fourth-order valence-corrected chi connectivity index (χ4v) is 2.93. The zero-order chi connectivity index (χ0) is 13.8. The first kappa shape index (κ1) is 14.8. The summed E-state index contributed by atoms with van der Waals surface area (Å²) in [4.78, 5) is 0. The second-order valence-corrected chi connectivity index (χ2v) is 5.76. The zero-order valence-corrected chi connectivity index (χ0v) is 12.0. The molecule has 1 aliphatic rings. The fraction of sp³-hybridized carbons (Fsp3) is 0.600. The summed E-state index contributed by atoms with van der Waals surface area (Å²) in [5.41, 5.74) is 6.93. The van der Waals surface area contributed by atoms with Crippen molar-refractivity contribution in [3.05, 3.63) is 34.6 Å². The van der Waals surface area contributed by atoms with Crippen LogP contribution in [-0.4, -0.2) is 18.8 Å². The highest BCUT2D eigenvalue weighted by atomic mass is 35.5. The maximum absolute atomic E-state index is 13.2. The maximum atomic E-state index is 13.2. The van der Waals surface area contributed by atoms with Crippen LogP contribution in [0.4, 0.5) is 4.39 Å². The quantitative estimate of drug-likeness (QED) is 0.867. The summed E-state index contributed by atoms with van der Waals surface area (Å²) in [5, 5.41) is 0.595. The van der Waals surface area contributed by atoms with E-state index < -0.39 is 0 Å². The molecule has 4 heteroatoms. The van der Waals surface area contributed by atoms with Crippen LogP contribution in [0.5, 0.6) is 0 Å². The van der Waals surface area contributed by atoms with Gasteiger partial charge in [-0.25, -0.2) is 4.39 Å². The fourth-order valence-electron chi connectivity index (χ4n) is 2.73. The van der Waals surface area contributed by atoms with Gasteiger partial charge in [0.1, 0.15) is 5.82 Å². The Morgan fingerprint density at radius 1 is 1.47 bits per heavy atom. The Morgan fingerprint density at radius 2 is 2.21 bits per heavy atom. The van der Waals surface area contributed by atoms with Gasteiger partial charge >= 0.3 is 0 Å². The van der Waals surface area contributed by atoms with Gasteiger partial charge in [0.25, 0.3) is 0 Å². The van der Waals surface area contributed by atoms with Crippen molar-refractivity contribution < 1.29 is 9.13 Å². The predicted octanol–water partition coefficient (Wildman–Crippen LogP) is 3.55. The Labute approximate surface area is 119 Å². The minimum Gasteiger partial charge on any atom is -0.378 e. The van der Waals surface area contributed by atoms with Crippen molar-refractivity contribution in [3.63, 3.8) is 0 Å². The monoisotopic (exact) mass is 285 g/mol. The van der Waals surface area contributed by atoms with Crippen LogP contribution >= 0.6 is 11.6 Å². The SMILES string of the molecule is CCOC1CC(CC(N)Cc2cc(F)ccc2Cl)C1. The molecule has 0 heterocycles. The van der Waals surface area contributed by atoms with Crippen LogP contribution in [0.25, 0.3) is 0 Å². The van der Waals surface area contributed by atoms with Crippen molar-refractivity contribution in [1.29, 1.82) is 0 Å². The second-order valence-electron chi connectivity index (χ2n) is 5.35. The third-order valence-corrected chi connectivity index (χ3v) is 4.09. The first-order valence-corrected chi connectivity index (χ1v) is 7.27. The van der Waals surface area contributed by atoms with Gasteiger partial charge in [-0.2, -0.15) is 0 Å². The van der Waals surface area contributed by atoms with E-state index in [1.165, 1.54) is 12.1 Å². The second kappa shape index (κ2) is 6.69. The molecule has 1 fully saturated rings. The number of halogens is 2. The van der Waals surface area contributed by atoms with Crippen LogP contribution in [0, 0.1) is 11.7 Å². The highest BCUT2D eigenvalue weighted by Gasteiger charge is 2.30. The number of rotatable bonds is 6. The molecule has 1 atom stereocenters. The molecule has 2 N–H and O–H groups in total. The van der Waals surface area contributed by atoms with Gasteiger partial charge < -0.3 is 10.5 Å². The molecule has 0 saturated heterocycles. The summed E-state index contributed by atoms with van der Waals surface area (Å²) < 4.78 is 18.7. The van der Waals surface area contributed by atoms with E-state index in [1.54, 1.807) is 6.07 Å². The van der Waals surface area contributed by atoms with Crippen LogP contribution in [-0.2, 0) is 11.2 Å². The van der Waals surface area contributed by atoms with Crippen molar-refractivity contribution in [2.24, 2.45) is 11.7 Å².